The molecule has 0 aliphatic rings. The van der Waals surface area contributed by atoms with Crippen LogP contribution in [0, 0.1) is 0 Å². The molecule has 0 aromatic heterocycles. The summed E-state index contributed by atoms with van der Waals surface area (Å²) in [4.78, 5) is 22.4. The molecule has 0 spiro atoms. The molecule has 0 aliphatic carbocycles. The van der Waals surface area contributed by atoms with Crippen molar-refractivity contribution in [2.24, 2.45) is 0 Å². The molecule has 15 heavy (non-hydrogen) atoms. The zero-order valence-electron chi connectivity index (χ0n) is 8.83. The third kappa shape index (κ3) is 4.20. The van der Waals surface area contributed by atoms with Crippen LogP contribution in [0.3, 0.4) is 0 Å². The lowest BCUT2D eigenvalue weighted by atomic mass is 10.4. The molecule has 0 saturated heterocycles. The van der Waals surface area contributed by atoms with Crippen molar-refractivity contribution >= 4 is 23.5 Å². The van der Waals surface area contributed by atoms with Gasteiger partial charge in [-0.1, -0.05) is 11.6 Å². The number of methoxy groups -OCH3 is 1. The molecule has 0 amide bonds. The van der Waals surface area contributed by atoms with E-state index in [0.29, 0.717) is 0 Å². The van der Waals surface area contributed by atoms with Gasteiger partial charge in [-0.2, -0.15) is 0 Å². The van der Waals surface area contributed by atoms with Crippen molar-refractivity contribution in [1.82, 2.24) is 0 Å². The molecule has 0 saturated carbocycles. The van der Waals surface area contributed by atoms with Gasteiger partial charge in [0.2, 0.25) is 5.76 Å². The van der Waals surface area contributed by atoms with Gasteiger partial charge in [-0.3, -0.25) is 0 Å². The van der Waals surface area contributed by atoms with E-state index in [1.165, 1.54) is 7.11 Å². The lowest BCUT2D eigenvalue weighted by Crippen LogP contribution is -2.15. The molecule has 0 aromatic rings. The van der Waals surface area contributed by atoms with Gasteiger partial charge in [0.1, 0.15) is 0 Å². The van der Waals surface area contributed by atoms with Gasteiger partial charge in [-0.15, -0.1) is 0 Å². The maximum atomic E-state index is 11.2. The minimum Gasteiger partial charge on any atom is -0.489 e. The first-order valence-corrected chi connectivity index (χ1v) is 4.74. The highest BCUT2D eigenvalue weighted by Crippen LogP contribution is 2.14. The molecule has 0 unspecified atom stereocenters. The summed E-state index contributed by atoms with van der Waals surface area (Å²) in [5.74, 6) is -1.96. The minimum absolute atomic E-state index is 0.162. The fourth-order valence-corrected chi connectivity index (χ4v) is 0.955. The number of halogens is 1. The monoisotopic (exact) mass is 236 g/mol. The Morgan fingerprint density at radius 3 is 1.93 bits per heavy atom. The number of carbonyl (C=O) groups excluding carboxylic acids is 2. The molecule has 0 rings (SSSR count). The summed E-state index contributed by atoms with van der Waals surface area (Å²) in [6.45, 7) is 3.58. The van der Waals surface area contributed by atoms with Gasteiger partial charge in [0, 0.05) is 0 Å². The van der Waals surface area contributed by atoms with Crippen molar-refractivity contribution in [2.45, 2.75) is 13.8 Å². The highest BCUT2D eigenvalue weighted by Gasteiger charge is 2.22. The standard InChI is InChI=1S/C9H13ClO5/c1-4-14-8(11)6(10)7(13-3)9(12)15-5-2/h4-5H2,1-3H3. The van der Waals surface area contributed by atoms with Crippen LogP contribution in [0.25, 0.3) is 0 Å². The summed E-state index contributed by atoms with van der Waals surface area (Å²) in [6.07, 6.45) is 0. The number of rotatable bonds is 5. The molecule has 5 nitrogen and oxygen atoms in total. The first-order chi connectivity index (χ1) is 7.08. The van der Waals surface area contributed by atoms with E-state index in [1.54, 1.807) is 13.8 Å². The van der Waals surface area contributed by atoms with Crippen LogP contribution in [-0.4, -0.2) is 32.3 Å². The molecule has 6 heteroatoms. The van der Waals surface area contributed by atoms with Crippen molar-refractivity contribution in [3.05, 3.63) is 10.8 Å². The van der Waals surface area contributed by atoms with Crippen LogP contribution in [0.4, 0.5) is 0 Å². The van der Waals surface area contributed by atoms with E-state index in [4.69, 9.17) is 11.6 Å². The Morgan fingerprint density at radius 2 is 1.53 bits per heavy atom. The SMILES string of the molecule is CCOC(=O)C(Cl)=C(OC)C(=O)OCC. The summed E-state index contributed by atoms with van der Waals surface area (Å²) in [5, 5.41) is -0.419. The highest BCUT2D eigenvalue weighted by molar-refractivity contribution is 6.42. The van der Waals surface area contributed by atoms with E-state index in [2.05, 4.69) is 14.2 Å². The molecule has 0 bridgehead atoms. The molecule has 0 N–H and O–H groups in total. The average Bonchev–Trinajstić information content (AvgIpc) is 2.19. The van der Waals surface area contributed by atoms with E-state index in [1.807, 2.05) is 0 Å². The van der Waals surface area contributed by atoms with E-state index in [9.17, 15) is 9.59 Å². The Kier molecular flexibility index (Phi) is 6.53. The molecule has 0 radical (unpaired) electrons. The Labute approximate surface area is 92.9 Å². The smallest absolute Gasteiger partial charge is 0.375 e. The van der Waals surface area contributed by atoms with Crippen LogP contribution < -0.4 is 0 Å². The van der Waals surface area contributed by atoms with Gasteiger partial charge < -0.3 is 14.2 Å². The Balaban J connectivity index is 4.80. The van der Waals surface area contributed by atoms with Crippen molar-refractivity contribution in [2.75, 3.05) is 20.3 Å². The number of hydrogen-bond donors (Lipinski definition) is 0. The third-order valence-corrected chi connectivity index (χ3v) is 1.64. The maximum Gasteiger partial charge on any atom is 0.375 e. The predicted octanol–water partition coefficient (Wildman–Crippen LogP) is 1.21. The Morgan fingerprint density at radius 1 is 1.07 bits per heavy atom. The lowest BCUT2D eigenvalue weighted by Gasteiger charge is -2.07. The van der Waals surface area contributed by atoms with Crippen molar-refractivity contribution in [3.8, 4) is 0 Å². The van der Waals surface area contributed by atoms with Gasteiger partial charge in [-0.25, -0.2) is 9.59 Å². The second kappa shape index (κ2) is 7.11. The van der Waals surface area contributed by atoms with Gasteiger partial charge in [0.05, 0.1) is 20.3 Å². The van der Waals surface area contributed by atoms with Crippen molar-refractivity contribution in [3.63, 3.8) is 0 Å². The quantitative estimate of drug-likeness (QED) is 0.408. The predicted molar refractivity (Wildman–Crippen MR) is 53.2 cm³/mol. The molecular formula is C9H13ClO5. The number of ether oxygens (including phenoxy) is 3. The summed E-state index contributed by atoms with van der Waals surface area (Å²) < 4.78 is 13.9. The number of hydrogen-bond acceptors (Lipinski definition) is 5. The fourth-order valence-electron chi connectivity index (χ4n) is 0.746. The minimum atomic E-state index is -0.816. The molecule has 0 atom stereocenters. The second-order valence-electron chi connectivity index (χ2n) is 2.29. The van der Waals surface area contributed by atoms with E-state index < -0.39 is 17.0 Å². The van der Waals surface area contributed by atoms with Gasteiger partial charge in [-0.05, 0) is 13.8 Å². The average molecular weight is 237 g/mol. The molecule has 0 aliphatic heterocycles. The topological polar surface area (TPSA) is 61.8 Å². The van der Waals surface area contributed by atoms with Crippen LogP contribution in [-0.2, 0) is 23.8 Å². The van der Waals surface area contributed by atoms with Crippen LogP contribution in [0.15, 0.2) is 10.8 Å². The Hall–Kier alpha value is -1.23. The molecule has 0 fully saturated rings. The summed E-state index contributed by atoms with van der Waals surface area (Å²) in [6, 6.07) is 0. The first-order valence-electron chi connectivity index (χ1n) is 4.36. The van der Waals surface area contributed by atoms with Crippen LogP contribution in [0.2, 0.25) is 0 Å². The number of carbonyl (C=O) groups is 2. The van der Waals surface area contributed by atoms with E-state index >= 15 is 0 Å². The zero-order chi connectivity index (χ0) is 11.8. The lowest BCUT2D eigenvalue weighted by molar-refractivity contribution is -0.144. The van der Waals surface area contributed by atoms with Crippen molar-refractivity contribution in [1.29, 1.82) is 0 Å². The van der Waals surface area contributed by atoms with Gasteiger partial charge in [0.25, 0.3) is 0 Å². The van der Waals surface area contributed by atoms with Gasteiger partial charge >= 0.3 is 11.9 Å². The van der Waals surface area contributed by atoms with Gasteiger partial charge in [0.15, 0.2) is 5.03 Å². The first kappa shape index (κ1) is 13.8. The second-order valence-corrected chi connectivity index (χ2v) is 2.67. The fraction of sp³-hybridized carbons (Fsp3) is 0.556. The molecule has 0 heterocycles. The van der Waals surface area contributed by atoms with E-state index in [0.717, 1.165) is 0 Å². The molecule has 86 valence electrons. The summed E-state index contributed by atoms with van der Waals surface area (Å²) in [5.41, 5.74) is 0. The third-order valence-electron chi connectivity index (χ3n) is 1.32. The van der Waals surface area contributed by atoms with Crippen LogP contribution >= 0.6 is 11.6 Å². The number of esters is 2. The van der Waals surface area contributed by atoms with Crippen LogP contribution in [0.1, 0.15) is 13.8 Å². The summed E-state index contributed by atoms with van der Waals surface area (Å²) >= 11 is 5.59. The Bertz CT molecular complexity index is 272. The normalized spacial score (nSPS) is 11.5. The van der Waals surface area contributed by atoms with Crippen molar-refractivity contribution < 1.29 is 23.8 Å². The molecular weight excluding hydrogens is 224 g/mol. The maximum absolute atomic E-state index is 11.2. The molecule has 0 aromatic carbocycles. The van der Waals surface area contributed by atoms with Crippen LogP contribution in [0.5, 0.6) is 0 Å². The highest BCUT2D eigenvalue weighted by atomic mass is 35.5. The largest absolute Gasteiger partial charge is 0.489 e. The summed E-state index contributed by atoms with van der Waals surface area (Å²) in [7, 11) is 1.22. The zero-order valence-corrected chi connectivity index (χ0v) is 9.59. The van der Waals surface area contributed by atoms with E-state index in [-0.39, 0.29) is 19.0 Å².